The molecule has 0 saturated heterocycles. The van der Waals surface area contributed by atoms with Crippen molar-refractivity contribution in [1.29, 1.82) is 0 Å². The number of hydrogen-bond acceptors (Lipinski definition) is 4. The van der Waals surface area contributed by atoms with Crippen LogP contribution in [0.2, 0.25) is 0 Å². The summed E-state index contributed by atoms with van der Waals surface area (Å²) in [6, 6.07) is 1.67. The molecular weight excluding hydrogens is 300 g/mol. The lowest BCUT2D eigenvalue weighted by atomic mass is 10.3. The third kappa shape index (κ3) is 3.78. The summed E-state index contributed by atoms with van der Waals surface area (Å²) < 4.78 is 25.4. The Balaban J connectivity index is 2.92. The van der Waals surface area contributed by atoms with E-state index in [1.807, 2.05) is 0 Å². The summed E-state index contributed by atoms with van der Waals surface area (Å²) in [5.74, 6) is -2.27. The number of nitrogens with zero attached hydrogens (tertiary/aromatic N) is 1. The number of sulfonamides is 1. The van der Waals surface area contributed by atoms with Gasteiger partial charge in [0, 0.05) is 10.7 Å². The molecule has 0 radical (unpaired) electrons. The van der Waals surface area contributed by atoms with Crippen LogP contribution < -0.4 is 4.72 Å². The normalized spacial score (nSPS) is 11.1. The molecule has 88 valence electrons. The van der Waals surface area contributed by atoms with Gasteiger partial charge in [0.15, 0.2) is 5.75 Å². The summed E-state index contributed by atoms with van der Waals surface area (Å²) in [6.07, 6.45) is 1.42. The Morgan fingerprint density at radius 2 is 2.25 bits per heavy atom. The average molecular weight is 309 g/mol. The van der Waals surface area contributed by atoms with E-state index in [-0.39, 0.29) is 5.82 Å². The Bertz CT molecular complexity index is 515. The third-order valence-corrected chi connectivity index (χ3v) is 3.18. The van der Waals surface area contributed by atoms with Gasteiger partial charge in [-0.1, -0.05) is 0 Å². The summed E-state index contributed by atoms with van der Waals surface area (Å²) in [7, 11) is -3.90. The number of rotatable bonds is 4. The lowest BCUT2D eigenvalue weighted by Crippen LogP contribution is -2.23. The van der Waals surface area contributed by atoms with Crippen LogP contribution in [0.25, 0.3) is 0 Å². The van der Waals surface area contributed by atoms with Gasteiger partial charge in [0.1, 0.15) is 5.82 Å². The predicted molar refractivity (Wildman–Crippen MR) is 61.7 cm³/mol. The fraction of sp³-hybridized carbons (Fsp3) is 0.250. The van der Waals surface area contributed by atoms with E-state index in [1.165, 1.54) is 6.20 Å². The van der Waals surface area contributed by atoms with E-state index >= 15 is 0 Å². The minimum Gasteiger partial charge on any atom is -0.480 e. The number of hydrogen-bond donors (Lipinski definition) is 2. The molecule has 0 atom stereocenters. The van der Waals surface area contributed by atoms with Crippen LogP contribution in [-0.4, -0.2) is 30.2 Å². The number of nitrogens with one attached hydrogen (secondary N) is 1. The van der Waals surface area contributed by atoms with Crippen molar-refractivity contribution in [3.05, 3.63) is 22.3 Å². The first kappa shape index (κ1) is 12.9. The van der Waals surface area contributed by atoms with Gasteiger partial charge < -0.3 is 5.11 Å². The summed E-state index contributed by atoms with van der Waals surface area (Å²) in [5, 5.41) is 8.39. The first-order chi connectivity index (χ1) is 7.30. The van der Waals surface area contributed by atoms with E-state index in [4.69, 9.17) is 5.11 Å². The summed E-state index contributed by atoms with van der Waals surface area (Å²) >= 11 is 3.18. The SMILES string of the molecule is Cc1cc(Br)cnc1NS(=O)(=O)CC(=O)O. The smallest absolute Gasteiger partial charge is 0.320 e. The minimum absolute atomic E-state index is 0.129. The molecule has 0 bridgehead atoms. The van der Waals surface area contributed by atoms with E-state index in [2.05, 4.69) is 25.6 Å². The zero-order valence-corrected chi connectivity index (χ0v) is 10.7. The highest BCUT2D eigenvalue weighted by Gasteiger charge is 2.17. The quantitative estimate of drug-likeness (QED) is 0.864. The predicted octanol–water partition coefficient (Wildman–Crippen LogP) is 0.979. The van der Waals surface area contributed by atoms with E-state index in [0.717, 1.165) is 0 Å². The van der Waals surface area contributed by atoms with Crippen LogP contribution in [0.15, 0.2) is 16.7 Å². The van der Waals surface area contributed by atoms with Gasteiger partial charge in [-0.05, 0) is 34.5 Å². The van der Waals surface area contributed by atoms with Gasteiger partial charge in [0.05, 0.1) is 0 Å². The van der Waals surface area contributed by atoms with E-state index < -0.39 is 21.7 Å². The number of carbonyl (C=O) groups is 1. The number of carboxylic acid groups (broad SMARTS) is 1. The first-order valence-corrected chi connectivity index (χ1v) is 6.59. The molecule has 1 aromatic heterocycles. The fourth-order valence-electron chi connectivity index (χ4n) is 0.993. The van der Waals surface area contributed by atoms with Crippen LogP contribution in [0.5, 0.6) is 0 Å². The summed E-state index contributed by atoms with van der Waals surface area (Å²) in [4.78, 5) is 14.1. The molecule has 0 aliphatic heterocycles. The first-order valence-electron chi connectivity index (χ1n) is 4.14. The molecule has 0 fully saturated rings. The molecule has 2 N–H and O–H groups in total. The van der Waals surface area contributed by atoms with Crippen molar-refractivity contribution in [2.24, 2.45) is 0 Å². The van der Waals surface area contributed by atoms with Crippen molar-refractivity contribution >= 4 is 37.7 Å². The highest BCUT2D eigenvalue weighted by Crippen LogP contribution is 2.17. The fourth-order valence-corrected chi connectivity index (χ4v) is 2.34. The van der Waals surface area contributed by atoms with Crippen molar-refractivity contribution in [1.82, 2.24) is 4.98 Å². The van der Waals surface area contributed by atoms with Gasteiger partial charge in [-0.3, -0.25) is 9.52 Å². The van der Waals surface area contributed by atoms with Crippen LogP contribution in [0.3, 0.4) is 0 Å². The van der Waals surface area contributed by atoms with Crippen LogP contribution in [-0.2, 0) is 14.8 Å². The second kappa shape index (κ2) is 4.79. The number of halogens is 1. The maximum absolute atomic E-state index is 11.3. The largest absolute Gasteiger partial charge is 0.480 e. The molecule has 0 spiro atoms. The number of aromatic nitrogens is 1. The Hall–Kier alpha value is -1.15. The molecule has 0 amide bonds. The zero-order valence-electron chi connectivity index (χ0n) is 8.27. The highest BCUT2D eigenvalue weighted by atomic mass is 79.9. The Morgan fingerprint density at radius 3 is 2.75 bits per heavy atom. The molecule has 1 aromatic rings. The van der Waals surface area contributed by atoms with Crippen LogP contribution in [0.4, 0.5) is 5.82 Å². The van der Waals surface area contributed by atoms with Crippen molar-refractivity contribution in [2.45, 2.75) is 6.92 Å². The lowest BCUT2D eigenvalue weighted by molar-refractivity contribution is -0.134. The van der Waals surface area contributed by atoms with Crippen molar-refractivity contribution in [3.63, 3.8) is 0 Å². The van der Waals surface area contributed by atoms with Crippen LogP contribution in [0, 0.1) is 6.92 Å². The number of carboxylic acids is 1. The molecule has 6 nitrogen and oxygen atoms in total. The number of pyridine rings is 1. The van der Waals surface area contributed by atoms with E-state index in [1.54, 1.807) is 13.0 Å². The zero-order chi connectivity index (χ0) is 12.3. The van der Waals surface area contributed by atoms with Crippen molar-refractivity contribution in [3.8, 4) is 0 Å². The number of aryl methyl sites for hydroxylation is 1. The van der Waals surface area contributed by atoms with Gasteiger partial charge in [-0.25, -0.2) is 13.4 Å². The molecular formula is C8H9BrN2O4S. The molecule has 8 heteroatoms. The van der Waals surface area contributed by atoms with Crippen LogP contribution >= 0.6 is 15.9 Å². The molecule has 0 aliphatic carbocycles. The Morgan fingerprint density at radius 1 is 1.62 bits per heavy atom. The average Bonchev–Trinajstić information content (AvgIpc) is 2.07. The van der Waals surface area contributed by atoms with Crippen LogP contribution in [0.1, 0.15) is 5.56 Å². The molecule has 1 heterocycles. The van der Waals surface area contributed by atoms with Gasteiger partial charge in [-0.15, -0.1) is 0 Å². The maximum Gasteiger partial charge on any atom is 0.320 e. The van der Waals surface area contributed by atoms with Crippen molar-refractivity contribution in [2.75, 3.05) is 10.5 Å². The molecule has 0 aliphatic rings. The summed E-state index contributed by atoms with van der Waals surface area (Å²) in [6.45, 7) is 1.66. The second-order valence-corrected chi connectivity index (χ2v) is 5.71. The van der Waals surface area contributed by atoms with Gasteiger partial charge >= 0.3 is 5.97 Å². The highest BCUT2D eigenvalue weighted by molar-refractivity contribution is 9.10. The topological polar surface area (TPSA) is 96.4 Å². The molecule has 16 heavy (non-hydrogen) atoms. The molecule has 0 unspecified atom stereocenters. The molecule has 0 saturated carbocycles. The second-order valence-electron chi connectivity index (χ2n) is 3.07. The number of anilines is 1. The van der Waals surface area contributed by atoms with Gasteiger partial charge in [-0.2, -0.15) is 0 Å². The summed E-state index contributed by atoms with van der Waals surface area (Å²) in [5.41, 5.74) is 0.600. The monoisotopic (exact) mass is 308 g/mol. The van der Waals surface area contributed by atoms with E-state index in [9.17, 15) is 13.2 Å². The standard InChI is InChI=1S/C8H9BrN2O4S/c1-5-2-6(9)3-10-8(5)11-16(14,15)4-7(12)13/h2-3H,4H2,1H3,(H,10,11)(H,12,13). The lowest BCUT2D eigenvalue weighted by Gasteiger charge is -2.07. The Kier molecular flexibility index (Phi) is 3.87. The van der Waals surface area contributed by atoms with E-state index in [0.29, 0.717) is 10.0 Å². The van der Waals surface area contributed by atoms with Gasteiger partial charge in [0.2, 0.25) is 10.0 Å². The Labute approximate surface area is 101 Å². The molecule has 0 aromatic carbocycles. The number of aliphatic carboxylic acids is 1. The van der Waals surface area contributed by atoms with Gasteiger partial charge in [0.25, 0.3) is 0 Å². The maximum atomic E-state index is 11.3. The van der Waals surface area contributed by atoms with Crippen molar-refractivity contribution < 1.29 is 18.3 Å². The minimum atomic E-state index is -3.90. The molecule has 1 rings (SSSR count). The third-order valence-electron chi connectivity index (χ3n) is 1.61.